The van der Waals surface area contributed by atoms with E-state index >= 15 is 0 Å². The van der Waals surface area contributed by atoms with Crippen LogP contribution in [0.5, 0.6) is 0 Å². The Morgan fingerprint density at radius 2 is 1.67 bits per heavy atom. The van der Waals surface area contributed by atoms with Crippen molar-refractivity contribution in [1.29, 1.82) is 0 Å². The maximum atomic E-state index is 13.1. The summed E-state index contributed by atoms with van der Waals surface area (Å²) in [5.41, 5.74) is 1.87. The summed E-state index contributed by atoms with van der Waals surface area (Å²) >= 11 is 0. The number of hydrogen-bond donors (Lipinski definition) is 0. The van der Waals surface area contributed by atoms with Gasteiger partial charge in [-0.3, -0.25) is 4.79 Å². The van der Waals surface area contributed by atoms with Crippen molar-refractivity contribution in [3.63, 3.8) is 0 Å². The molecule has 124 valence electrons. The van der Waals surface area contributed by atoms with Crippen molar-refractivity contribution in [1.82, 2.24) is 4.90 Å². The fraction of sp³-hybridized carbons (Fsp3) is 0.263. The second-order valence-electron chi connectivity index (χ2n) is 5.78. The van der Waals surface area contributed by atoms with Gasteiger partial charge in [-0.1, -0.05) is 12.1 Å². The molecule has 1 unspecified atom stereocenters. The van der Waals surface area contributed by atoms with Crippen molar-refractivity contribution in [3.05, 3.63) is 71.0 Å². The highest BCUT2D eigenvalue weighted by atomic mass is 19.1. The molecule has 2 aromatic rings. The number of benzene rings is 2. The van der Waals surface area contributed by atoms with Crippen LogP contribution >= 0.6 is 0 Å². The third-order valence-corrected chi connectivity index (χ3v) is 4.32. The van der Waals surface area contributed by atoms with Crippen molar-refractivity contribution in [2.24, 2.45) is 0 Å². The molecule has 5 heteroatoms. The molecule has 0 radical (unpaired) electrons. The first-order valence-electron chi connectivity index (χ1n) is 7.85. The molecule has 3 rings (SSSR count). The van der Waals surface area contributed by atoms with E-state index in [1.165, 1.54) is 19.2 Å². The number of carbonyl (C=O) groups is 2. The Bertz CT molecular complexity index is 740. The Morgan fingerprint density at radius 1 is 1.04 bits per heavy atom. The van der Waals surface area contributed by atoms with E-state index in [1.807, 2.05) is 0 Å². The van der Waals surface area contributed by atoms with Crippen LogP contribution in [0.15, 0.2) is 48.5 Å². The lowest BCUT2D eigenvalue weighted by atomic mass is 10.0. The van der Waals surface area contributed by atoms with E-state index in [-0.39, 0.29) is 17.8 Å². The van der Waals surface area contributed by atoms with E-state index in [4.69, 9.17) is 0 Å². The molecule has 1 aliphatic heterocycles. The van der Waals surface area contributed by atoms with Gasteiger partial charge in [0.15, 0.2) is 0 Å². The number of rotatable bonds is 3. The molecule has 0 N–H and O–H groups in total. The van der Waals surface area contributed by atoms with Gasteiger partial charge in [0.25, 0.3) is 5.91 Å². The lowest BCUT2D eigenvalue weighted by molar-refractivity contribution is 0.0599. The number of amides is 1. The number of nitrogens with zero attached hydrogens (tertiary/aromatic N) is 1. The summed E-state index contributed by atoms with van der Waals surface area (Å²) in [7, 11) is 1.32. The van der Waals surface area contributed by atoms with Crippen LogP contribution in [-0.2, 0) is 4.74 Å². The summed E-state index contributed by atoms with van der Waals surface area (Å²) in [6, 6.07) is 12.7. The van der Waals surface area contributed by atoms with Gasteiger partial charge in [0.1, 0.15) is 5.82 Å². The monoisotopic (exact) mass is 327 g/mol. The van der Waals surface area contributed by atoms with Crippen LogP contribution in [0.25, 0.3) is 0 Å². The SMILES string of the molecule is COC(=O)c1ccc(C(=O)N2CCCC2c2ccc(F)cc2)cc1. The Labute approximate surface area is 139 Å². The van der Waals surface area contributed by atoms with Crippen LogP contribution in [0.3, 0.4) is 0 Å². The molecule has 24 heavy (non-hydrogen) atoms. The van der Waals surface area contributed by atoms with Crippen LogP contribution in [0.2, 0.25) is 0 Å². The predicted molar refractivity (Wildman–Crippen MR) is 87.2 cm³/mol. The van der Waals surface area contributed by atoms with Crippen LogP contribution < -0.4 is 0 Å². The van der Waals surface area contributed by atoms with E-state index in [1.54, 1.807) is 41.3 Å². The van der Waals surface area contributed by atoms with Crippen LogP contribution in [0.1, 0.15) is 45.2 Å². The zero-order valence-corrected chi connectivity index (χ0v) is 13.4. The van der Waals surface area contributed by atoms with Gasteiger partial charge in [-0.15, -0.1) is 0 Å². The lowest BCUT2D eigenvalue weighted by Crippen LogP contribution is -2.30. The van der Waals surface area contributed by atoms with Crippen molar-refractivity contribution in [2.75, 3.05) is 13.7 Å². The van der Waals surface area contributed by atoms with Gasteiger partial charge >= 0.3 is 5.97 Å². The first-order chi connectivity index (χ1) is 11.6. The van der Waals surface area contributed by atoms with Gasteiger partial charge in [0, 0.05) is 12.1 Å². The highest BCUT2D eigenvalue weighted by Gasteiger charge is 2.30. The normalized spacial score (nSPS) is 16.9. The van der Waals surface area contributed by atoms with E-state index in [0.29, 0.717) is 17.7 Å². The molecule has 1 atom stereocenters. The van der Waals surface area contributed by atoms with Gasteiger partial charge in [-0.05, 0) is 54.8 Å². The van der Waals surface area contributed by atoms with Crippen LogP contribution in [-0.4, -0.2) is 30.4 Å². The lowest BCUT2D eigenvalue weighted by Gasteiger charge is -2.25. The highest BCUT2D eigenvalue weighted by molar-refractivity contribution is 5.96. The number of ether oxygens (including phenoxy) is 1. The molecule has 1 aliphatic rings. The summed E-state index contributed by atoms with van der Waals surface area (Å²) in [6.45, 7) is 0.666. The molecule has 2 aromatic carbocycles. The summed E-state index contributed by atoms with van der Waals surface area (Å²) in [6.07, 6.45) is 1.77. The molecule has 0 aromatic heterocycles. The van der Waals surface area contributed by atoms with E-state index in [9.17, 15) is 14.0 Å². The maximum absolute atomic E-state index is 13.1. The van der Waals surface area contributed by atoms with Gasteiger partial charge in [0.05, 0.1) is 18.7 Å². The molecule has 1 amide bonds. The predicted octanol–water partition coefficient (Wildman–Crippen LogP) is 3.59. The zero-order chi connectivity index (χ0) is 17.1. The molecule has 0 saturated carbocycles. The Morgan fingerprint density at radius 3 is 2.29 bits per heavy atom. The first kappa shape index (κ1) is 16.2. The molecule has 0 bridgehead atoms. The second-order valence-corrected chi connectivity index (χ2v) is 5.78. The van der Waals surface area contributed by atoms with Gasteiger partial charge < -0.3 is 9.64 Å². The second kappa shape index (κ2) is 6.83. The minimum atomic E-state index is -0.431. The summed E-state index contributed by atoms with van der Waals surface area (Å²) in [5.74, 6) is -0.800. The average molecular weight is 327 g/mol. The molecule has 4 nitrogen and oxygen atoms in total. The van der Waals surface area contributed by atoms with Crippen molar-refractivity contribution < 1.29 is 18.7 Å². The smallest absolute Gasteiger partial charge is 0.337 e. The molecule has 1 fully saturated rings. The zero-order valence-electron chi connectivity index (χ0n) is 13.4. The van der Waals surface area contributed by atoms with Gasteiger partial charge in [-0.25, -0.2) is 9.18 Å². The molecular formula is C19H18FNO3. The minimum absolute atomic E-state index is 0.0432. The molecule has 0 aliphatic carbocycles. The van der Waals surface area contributed by atoms with Crippen molar-refractivity contribution in [3.8, 4) is 0 Å². The van der Waals surface area contributed by atoms with Gasteiger partial charge in [0.2, 0.25) is 0 Å². The first-order valence-corrected chi connectivity index (χ1v) is 7.85. The summed E-state index contributed by atoms with van der Waals surface area (Å²) < 4.78 is 17.8. The van der Waals surface area contributed by atoms with E-state index in [0.717, 1.165) is 18.4 Å². The number of methoxy groups -OCH3 is 1. The maximum Gasteiger partial charge on any atom is 0.337 e. The molecular weight excluding hydrogens is 309 g/mol. The summed E-state index contributed by atoms with van der Waals surface area (Å²) in [4.78, 5) is 26.1. The van der Waals surface area contributed by atoms with E-state index in [2.05, 4.69) is 4.74 Å². The third-order valence-electron chi connectivity index (χ3n) is 4.32. The Balaban J connectivity index is 1.80. The van der Waals surface area contributed by atoms with Crippen LogP contribution in [0, 0.1) is 5.82 Å². The number of esters is 1. The minimum Gasteiger partial charge on any atom is -0.465 e. The Kier molecular flexibility index (Phi) is 4.60. The quantitative estimate of drug-likeness (QED) is 0.810. The largest absolute Gasteiger partial charge is 0.465 e. The van der Waals surface area contributed by atoms with Crippen molar-refractivity contribution in [2.45, 2.75) is 18.9 Å². The highest BCUT2D eigenvalue weighted by Crippen LogP contribution is 2.33. The van der Waals surface area contributed by atoms with E-state index < -0.39 is 5.97 Å². The number of carbonyl (C=O) groups excluding carboxylic acids is 2. The standard InChI is InChI=1S/C19H18FNO3/c1-24-19(23)15-6-4-14(5-7-15)18(22)21-12-2-3-17(21)13-8-10-16(20)11-9-13/h4-11,17H,2-3,12H2,1H3. The number of hydrogen-bond acceptors (Lipinski definition) is 3. The molecule has 1 saturated heterocycles. The van der Waals surface area contributed by atoms with Crippen LogP contribution in [0.4, 0.5) is 4.39 Å². The number of likely N-dealkylation sites (tertiary alicyclic amines) is 1. The Hall–Kier alpha value is -2.69. The summed E-state index contributed by atoms with van der Waals surface area (Å²) in [5, 5.41) is 0. The average Bonchev–Trinajstić information content (AvgIpc) is 3.11. The van der Waals surface area contributed by atoms with Crippen molar-refractivity contribution >= 4 is 11.9 Å². The topological polar surface area (TPSA) is 46.6 Å². The molecule has 1 heterocycles. The fourth-order valence-electron chi connectivity index (χ4n) is 3.07. The molecule has 0 spiro atoms. The van der Waals surface area contributed by atoms with Gasteiger partial charge in [-0.2, -0.15) is 0 Å². The number of halogens is 1. The fourth-order valence-corrected chi connectivity index (χ4v) is 3.07. The third kappa shape index (κ3) is 3.15.